The van der Waals surface area contributed by atoms with E-state index in [1.165, 1.54) is 6.20 Å². The number of rotatable bonds is 6. The molecule has 3 N–H and O–H groups in total. The Hall–Kier alpha value is -3.04. The van der Waals surface area contributed by atoms with Gasteiger partial charge in [-0.3, -0.25) is 9.59 Å². The van der Waals surface area contributed by atoms with Crippen molar-refractivity contribution in [3.05, 3.63) is 46.6 Å². The molecule has 1 fully saturated rings. The number of benzene rings is 1. The number of hydrogen-bond acceptors (Lipinski definition) is 7. The highest BCUT2D eigenvalue weighted by molar-refractivity contribution is 7.18. The lowest BCUT2D eigenvalue weighted by Gasteiger charge is -2.38. The molecule has 4 rings (SSSR count). The summed E-state index contributed by atoms with van der Waals surface area (Å²) in [6.45, 7) is 5.24. The van der Waals surface area contributed by atoms with Gasteiger partial charge in [0.2, 0.25) is 0 Å². The molecular formula is C25H31N5O3S. The largest absolute Gasteiger partial charge is 0.384 e. The number of carbonyl (C=O) groups is 2. The summed E-state index contributed by atoms with van der Waals surface area (Å²) in [5.41, 5.74) is 9.09. The second-order valence-corrected chi connectivity index (χ2v) is 9.92. The smallest absolute Gasteiger partial charge is 0.313 e. The molecule has 1 aliphatic rings. The SMILES string of the molecule is CCc1cc(NC(=O)C(=O)N2CC(C)CCC2c2ccc3sc(CCOC)nc3c2)cnc1N. The van der Waals surface area contributed by atoms with E-state index in [-0.39, 0.29) is 6.04 Å². The number of nitrogens with two attached hydrogens (primary N) is 1. The number of fused-ring (bicyclic) bond motifs is 1. The highest BCUT2D eigenvalue weighted by Crippen LogP contribution is 2.35. The van der Waals surface area contributed by atoms with Gasteiger partial charge < -0.3 is 20.7 Å². The number of nitrogen functional groups attached to an aromatic ring is 1. The Morgan fingerprint density at radius 3 is 2.88 bits per heavy atom. The lowest BCUT2D eigenvalue weighted by Crippen LogP contribution is -2.46. The molecule has 1 aliphatic heterocycles. The summed E-state index contributed by atoms with van der Waals surface area (Å²) in [4.78, 5) is 36.8. The van der Waals surface area contributed by atoms with Crippen molar-refractivity contribution in [2.45, 2.75) is 45.6 Å². The normalized spacial score (nSPS) is 18.3. The standard InChI is InChI=1S/C25H31N5O3S/c1-4-16-11-18(13-27-23(16)26)28-24(31)25(32)30-14-15(2)5-7-20(30)17-6-8-21-19(12-17)29-22(34-21)9-10-33-3/h6,8,11-13,15,20H,4-5,7,9-10,14H2,1-3H3,(H2,26,27)(H,28,31). The van der Waals surface area contributed by atoms with Gasteiger partial charge in [0.25, 0.3) is 0 Å². The van der Waals surface area contributed by atoms with Crippen LogP contribution < -0.4 is 11.1 Å². The van der Waals surface area contributed by atoms with E-state index in [0.29, 0.717) is 37.0 Å². The molecule has 9 heteroatoms. The van der Waals surface area contributed by atoms with E-state index in [0.717, 1.165) is 45.6 Å². The van der Waals surface area contributed by atoms with Gasteiger partial charge in [0, 0.05) is 20.1 Å². The van der Waals surface area contributed by atoms with E-state index in [4.69, 9.17) is 15.5 Å². The van der Waals surface area contributed by atoms with Gasteiger partial charge in [0.05, 0.1) is 39.8 Å². The van der Waals surface area contributed by atoms with E-state index >= 15 is 0 Å². The first kappa shape index (κ1) is 24.1. The lowest BCUT2D eigenvalue weighted by molar-refractivity contribution is -0.146. The van der Waals surface area contributed by atoms with Gasteiger partial charge in [-0.1, -0.05) is 19.9 Å². The summed E-state index contributed by atoms with van der Waals surface area (Å²) >= 11 is 1.66. The van der Waals surface area contributed by atoms with Crippen molar-refractivity contribution < 1.29 is 14.3 Å². The van der Waals surface area contributed by atoms with Gasteiger partial charge >= 0.3 is 11.8 Å². The summed E-state index contributed by atoms with van der Waals surface area (Å²) in [5.74, 6) is -0.448. The number of likely N-dealkylation sites (tertiary alicyclic amines) is 1. The molecule has 8 nitrogen and oxygen atoms in total. The fraction of sp³-hybridized carbons (Fsp3) is 0.440. The number of anilines is 2. The third-order valence-corrected chi connectivity index (χ3v) is 7.37. The van der Waals surface area contributed by atoms with Gasteiger partial charge in [-0.05, 0) is 54.5 Å². The van der Waals surface area contributed by atoms with Crippen LogP contribution in [0.5, 0.6) is 0 Å². The number of carbonyl (C=O) groups excluding carboxylic acids is 2. The molecule has 3 heterocycles. The van der Waals surface area contributed by atoms with Crippen LogP contribution in [0, 0.1) is 5.92 Å². The molecule has 0 spiro atoms. The minimum Gasteiger partial charge on any atom is -0.384 e. The van der Waals surface area contributed by atoms with Crippen molar-refractivity contribution in [3.63, 3.8) is 0 Å². The van der Waals surface area contributed by atoms with Crippen LogP contribution in [-0.2, 0) is 27.2 Å². The first-order valence-electron chi connectivity index (χ1n) is 11.6. The van der Waals surface area contributed by atoms with Crippen LogP contribution in [0.3, 0.4) is 0 Å². The van der Waals surface area contributed by atoms with Crippen molar-refractivity contribution >= 4 is 44.9 Å². The van der Waals surface area contributed by atoms with Crippen LogP contribution in [0.25, 0.3) is 10.2 Å². The van der Waals surface area contributed by atoms with Crippen molar-refractivity contribution in [1.82, 2.24) is 14.9 Å². The predicted octanol–water partition coefficient (Wildman–Crippen LogP) is 3.96. The Morgan fingerprint density at radius 1 is 1.29 bits per heavy atom. The van der Waals surface area contributed by atoms with E-state index in [2.05, 4.69) is 35.4 Å². The van der Waals surface area contributed by atoms with Gasteiger partial charge in [-0.15, -0.1) is 11.3 Å². The zero-order valence-corrected chi connectivity index (χ0v) is 20.7. The number of nitrogens with zero attached hydrogens (tertiary/aromatic N) is 3. The molecule has 2 amide bonds. The number of nitrogens with one attached hydrogen (secondary N) is 1. The minimum absolute atomic E-state index is 0.168. The van der Waals surface area contributed by atoms with Crippen molar-refractivity contribution in [2.24, 2.45) is 5.92 Å². The van der Waals surface area contributed by atoms with Crippen molar-refractivity contribution in [1.29, 1.82) is 0 Å². The van der Waals surface area contributed by atoms with Gasteiger partial charge in [-0.25, -0.2) is 9.97 Å². The van der Waals surface area contributed by atoms with Gasteiger partial charge in [0.1, 0.15) is 5.82 Å². The Morgan fingerprint density at radius 2 is 2.12 bits per heavy atom. The second-order valence-electron chi connectivity index (χ2n) is 8.81. The zero-order valence-electron chi connectivity index (χ0n) is 19.8. The Kier molecular flexibility index (Phi) is 7.43. The fourth-order valence-electron chi connectivity index (χ4n) is 4.41. The van der Waals surface area contributed by atoms with Crippen LogP contribution >= 0.6 is 11.3 Å². The fourth-order valence-corrected chi connectivity index (χ4v) is 5.34. The van der Waals surface area contributed by atoms with Gasteiger partial charge in [-0.2, -0.15) is 0 Å². The highest BCUT2D eigenvalue weighted by atomic mass is 32.1. The monoisotopic (exact) mass is 481 g/mol. The summed E-state index contributed by atoms with van der Waals surface area (Å²) in [7, 11) is 1.68. The van der Waals surface area contributed by atoms with Crippen molar-refractivity contribution in [3.8, 4) is 0 Å². The summed E-state index contributed by atoms with van der Waals surface area (Å²) in [5, 5.41) is 3.74. The number of pyridine rings is 1. The van der Waals surface area contributed by atoms with E-state index in [1.807, 2.05) is 6.92 Å². The quantitative estimate of drug-likeness (QED) is 0.516. The predicted molar refractivity (Wildman–Crippen MR) is 135 cm³/mol. The summed E-state index contributed by atoms with van der Waals surface area (Å²) < 4.78 is 6.28. The van der Waals surface area contributed by atoms with Crippen molar-refractivity contribution in [2.75, 3.05) is 31.3 Å². The number of aromatic nitrogens is 2. The van der Waals surface area contributed by atoms with Crippen LogP contribution in [0.1, 0.15) is 48.9 Å². The number of amides is 2. The molecule has 0 saturated carbocycles. The molecule has 1 saturated heterocycles. The van der Waals surface area contributed by atoms with Crippen LogP contribution in [0.4, 0.5) is 11.5 Å². The molecule has 2 unspecified atom stereocenters. The molecule has 0 bridgehead atoms. The van der Waals surface area contributed by atoms with E-state index in [9.17, 15) is 9.59 Å². The Bertz CT molecular complexity index is 1190. The van der Waals surface area contributed by atoms with Gasteiger partial charge in [0.15, 0.2) is 0 Å². The third-order valence-electron chi connectivity index (χ3n) is 6.27. The first-order valence-corrected chi connectivity index (χ1v) is 12.5. The molecular weight excluding hydrogens is 450 g/mol. The number of hydrogen-bond donors (Lipinski definition) is 2. The number of aryl methyl sites for hydroxylation is 1. The molecule has 2 aromatic heterocycles. The van der Waals surface area contributed by atoms with E-state index < -0.39 is 11.8 Å². The van der Waals surface area contributed by atoms with Crippen LogP contribution in [-0.4, -0.2) is 46.9 Å². The molecule has 1 aromatic carbocycles. The maximum absolute atomic E-state index is 13.3. The lowest BCUT2D eigenvalue weighted by atomic mass is 9.89. The maximum Gasteiger partial charge on any atom is 0.313 e. The molecule has 2 atom stereocenters. The second kappa shape index (κ2) is 10.5. The maximum atomic E-state index is 13.3. The van der Waals surface area contributed by atoms with Crippen LogP contribution in [0.15, 0.2) is 30.5 Å². The zero-order chi connectivity index (χ0) is 24.2. The number of piperidine rings is 1. The topological polar surface area (TPSA) is 110 Å². The third kappa shape index (κ3) is 5.20. The number of methoxy groups -OCH3 is 1. The van der Waals surface area contributed by atoms with Crippen LogP contribution in [0.2, 0.25) is 0 Å². The highest BCUT2D eigenvalue weighted by Gasteiger charge is 2.34. The molecule has 0 aliphatic carbocycles. The Balaban J connectivity index is 1.55. The molecule has 0 radical (unpaired) electrons. The first-order chi connectivity index (χ1) is 16.4. The molecule has 34 heavy (non-hydrogen) atoms. The molecule has 180 valence electrons. The molecule has 3 aromatic rings. The summed E-state index contributed by atoms with van der Waals surface area (Å²) in [6, 6.07) is 7.76. The average molecular weight is 482 g/mol. The van der Waals surface area contributed by atoms with E-state index in [1.54, 1.807) is 29.4 Å². The number of ether oxygens (including phenoxy) is 1. The Labute approximate surface area is 203 Å². The average Bonchev–Trinajstić information content (AvgIpc) is 3.25. The number of thiazole rings is 1. The summed E-state index contributed by atoms with van der Waals surface area (Å²) in [6.07, 6.45) is 4.74. The minimum atomic E-state index is -0.663.